The molecule has 0 radical (unpaired) electrons. The van der Waals surface area contributed by atoms with Gasteiger partial charge in [-0.15, -0.1) is 5.54 Å². The van der Waals surface area contributed by atoms with Gasteiger partial charge in [0.25, 0.3) is 0 Å². The van der Waals surface area contributed by atoms with Crippen LogP contribution < -0.4 is 0 Å². The molecule has 0 bridgehead atoms. The van der Waals surface area contributed by atoms with E-state index in [4.69, 9.17) is 4.98 Å². The van der Waals surface area contributed by atoms with Gasteiger partial charge in [0.15, 0.2) is 0 Å². The van der Waals surface area contributed by atoms with E-state index in [1.165, 1.54) is 19.3 Å². The molecular weight excluding hydrogens is 426 g/mol. The second-order valence-corrected chi connectivity index (χ2v) is 15.3. The smallest absolute Gasteiger partial charge is 0.660 e. The van der Waals surface area contributed by atoms with Crippen LogP contribution in [0.5, 0.6) is 0 Å². The molecule has 3 aliphatic carbocycles. The second kappa shape index (κ2) is 15.3. The molecule has 0 aromatic rings. The fourth-order valence-electron chi connectivity index (χ4n) is 6.98. The summed E-state index contributed by atoms with van der Waals surface area (Å²) in [6.45, 7) is 18.6. The van der Waals surface area contributed by atoms with Crippen molar-refractivity contribution in [2.75, 3.05) is 0 Å². The molecule has 3 aliphatic rings. The first kappa shape index (κ1) is 36.0. The van der Waals surface area contributed by atoms with Crippen molar-refractivity contribution in [1.29, 1.82) is 0 Å². The number of allylic oxidation sites excluding steroid dienone is 4. The SMILES string of the molecule is C/C=C/C=C/C.CC1CC2CC3CCCC3CC2C1[Si](C)(C)[N-]C(C)(C)C.[CH3-].[CH3-].[CH3-].[Ti+4]. The first-order valence-electron chi connectivity index (χ1n) is 11.6. The summed E-state index contributed by atoms with van der Waals surface area (Å²) in [6, 6.07) is 0. The Morgan fingerprint density at radius 1 is 0.806 bits per heavy atom. The van der Waals surface area contributed by atoms with E-state index in [0.717, 1.165) is 35.1 Å². The molecule has 6 atom stereocenters. The minimum absolute atomic E-state index is 0. The molecule has 0 aliphatic heterocycles. The number of nitrogens with zero attached hydrogens (tertiary/aromatic N) is 1. The molecule has 3 fully saturated rings. The van der Waals surface area contributed by atoms with Crippen LogP contribution in [0.1, 0.15) is 80.1 Å². The molecule has 3 saturated carbocycles. The van der Waals surface area contributed by atoms with Gasteiger partial charge in [0.2, 0.25) is 0 Å². The van der Waals surface area contributed by atoms with E-state index in [2.05, 4.69) is 40.8 Å². The fourth-order valence-corrected chi connectivity index (χ4v) is 11.8. The molecule has 0 heterocycles. The zero-order valence-corrected chi connectivity index (χ0v) is 25.5. The van der Waals surface area contributed by atoms with Crippen molar-refractivity contribution >= 4 is 8.24 Å². The molecule has 0 aromatic heterocycles. The summed E-state index contributed by atoms with van der Waals surface area (Å²) in [5.41, 5.74) is 1.10. The fraction of sp³-hybridized carbons (Fsp3) is 0.750. The molecule has 0 saturated heterocycles. The Balaban J connectivity index is -0.000000700. The molecule has 3 rings (SSSR count). The van der Waals surface area contributed by atoms with E-state index in [0.29, 0.717) is 0 Å². The van der Waals surface area contributed by atoms with Gasteiger partial charge in [-0.3, -0.25) is 0 Å². The van der Waals surface area contributed by atoms with Gasteiger partial charge in [0.05, 0.1) is 0 Å². The Labute approximate surface area is 214 Å². The Hall–Kier alpha value is 0.371. The van der Waals surface area contributed by atoms with Crippen LogP contribution in [-0.2, 0) is 21.7 Å². The zero-order valence-electron chi connectivity index (χ0n) is 23.0. The van der Waals surface area contributed by atoms with Gasteiger partial charge < -0.3 is 27.3 Å². The van der Waals surface area contributed by atoms with Crippen LogP contribution in [0.4, 0.5) is 0 Å². The predicted molar refractivity (Wildman–Crippen MR) is 144 cm³/mol. The van der Waals surface area contributed by atoms with E-state index in [1.807, 2.05) is 38.2 Å². The normalized spacial score (nSPS) is 31.9. The van der Waals surface area contributed by atoms with Gasteiger partial charge in [0, 0.05) is 0 Å². The molecule has 0 N–H and O–H groups in total. The number of hydrogen-bond donors (Lipinski definition) is 0. The average Bonchev–Trinajstić information content (AvgIpc) is 3.11. The average molecular weight is 482 g/mol. The van der Waals surface area contributed by atoms with Crippen LogP contribution in [0, 0.1) is 51.9 Å². The molecule has 6 unspecified atom stereocenters. The van der Waals surface area contributed by atoms with Gasteiger partial charge >= 0.3 is 21.7 Å². The van der Waals surface area contributed by atoms with Crippen molar-refractivity contribution in [2.45, 2.75) is 104 Å². The second-order valence-electron chi connectivity index (χ2n) is 11.1. The molecule has 3 heteroatoms. The van der Waals surface area contributed by atoms with Crippen LogP contribution in [0.2, 0.25) is 18.6 Å². The summed E-state index contributed by atoms with van der Waals surface area (Å²) < 4.78 is 0. The van der Waals surface area contributed by atoms with Crippen LogP contribution in [0.25, 0.3) is 4.98 Å². The largest absolute Gasteiger partial charge is 4.00 e. The maximum Gasteiger partial charge on any atom is 4.00 e. The Morgan fingerprint density at radius 3 is 1.74 bits per heavy atom. The van der Waals surface area contributed by atoms with E-state index in [-0.39, 0.29) is 49.5 Å². The number of rotatable bonds is 3. The summed E-state index contributed by atoms with van der Waals surface area (Å²) in [4.78, 5) is 5.39. The summed E-state index contributed by atoms with van der Waals surface area (Å²) in [7, 11) is -1.50. The first-order chi connectivity index (χ1) is 12.6. The molecule has 0 spiro atoms. The summed E-state index contributed by atoms with van der Waals surface area (Å²) in [5, 5.41) is 0. The monoisotopic (exact) mass is 481 g/mol. The maximum absolute atomic E-state index is 5.39. The molecule has 180 valence electrons. The van der Waals surface area contributed by atoms with Crippen molar-refractivity contribution in [2.24, 2.45) is 29.6 Å². The van der Waals surface area contributed by atoms with Crippen molar-refractivity contribution < 1.29 is 21.7 Å². The minimum Gasteiger partial charge on any atom is -0.660 e. The van der Waals surface area contributed by atoms with E-state index >= 15 is 0 Å². The zero-order chi connectivity index (χ0) is 20.2. The van der Waals surface area contributed by atoms with Gasteiger partial charge in [0.1, 0.15) is 0 Å². The van der Waals surface area contributed by atoms with Gasteiger partial charge in [-0.2, -0.15) is 0 Å². The third-order valence-corrected chi connectivity index (χ3v) is 11.2. The van der Waals surface area contributed by atoms with Crippen LogP contribution in [-0.4, -0.2) is 13.8 Å². The van der Waals surface area contributed by atoms with E-state index in [1.54, 1.807) is 19.3 Å². The van der Waals surface area contributed by atoms with E-state index in [9.17, 15) is 0 Å². The molecule has 0 aromatic carbocycles. The molecular formula is C28H55NSiTi. The predicted octanol–water partition coefficient (Wildman–Crippen LogP) is 9.70. The molecule has 0 amide bonds. The van der Waals surface area contributed by atoms with E-state index < -0.39 is 8.24 Å². The Kier molecular flexibility index (Phi) is 17.8. The number of fused-ring (bicyclic) bond motifs is 2. The molecule has 1 nitrogen and oxygen atoms in total. The quantitative estimate of drug-likeness (QED) is 0.216. The maximum atomic E-state index is 5.39. The first-order valence-corrected chi connectivity index (χ1v) is 14.6. The van der Waals surface area contributed by atoms with Crippen LogP contribution >= 0.6 is 0 Å². The molecule has 31 heavy (non-hydrogen) atoms. The third kappa shape index (κ3) is 10.0. The topological polar surface area (TPSA) is 14.1 Å². The third-order valence-electron chi connectivity index (χ3n) is 7.29. The van der Waals surface area contributed by atoms with Gasteiger partial charge in [-0.05, 0) is 62.7 Å². The van der Waals surface area contributed by atoms with Crippen molar-refractivity contribution in [3.05, 3.63) is 51.6 Å². The summed E-state index contributed by atoms with van der Waals surface area (Å²) in [6.07, 6.45) is 17.2. The van der Waals surface area contributed by atoms with Crippen molar-refractivity contribution in [3.63, 3.8) is 0 Å². The van der Waals surface area contributed by atoms with Crippen molar-refractivity contribution in [1.82, 2.24) is 0 Å². The Bertz CT molecular complexity index is 510. The standard InChI is InChI=1S/C19H36NSi.C6H10.3CH3.Ti/c1-13-10-16-11-14-8-7-9-15(14)12-17(16)18(13)21(5,6)20-19(2,3)4;1-3-5-6-4-2;;;;/h13-18H,7-12H2,1-6H3;3-6H,1-2H3;3*1H3;/q-1;;3*-1;+4/b;5-3+,6-4+;;;;. The Morgan fingerprint density at radius 2 is 1.29 bits per heavy atom. The minimum atomic E-state index is -1.50. The van der Waals surface area contributed by atoms with Crippen LogP contribution in [0.3, 0.4) is 0 Å². The summed E-state index contributed by atoms with van der Waals surface area (Å²) in [5.74, 6) is 5.17. The van der Waals surface area contributed by atoms with Gasteiger partial charge in [-0.25, -0.2) is 0 Å². The van der Waals surface area contributed by atoms with Crippen LogP contribution in [0.15, 0.2) is 24.3 Å². The summed E-state index contributed by atoms with van der Waals surface area (Å²) >= 11 is 0. The van der Waals surface area contributed by atoms with Gasteiger partial charge in [-0.1, -0.05) is 98.1 Å². The number of hydrogen-bond acceptors (Lipinski definition) is 0. The van der Waals surface area contributed by atoms with Crippen molar-refractivity contribution in [3.8, 4) is 0 Å².